The molecular weight excluding hydrogens is 282 g/mol. The van der Waals surface area contributed by atoms with Gasteiger partial charge in [0.1, 0.15) is 0 Å². The summed E-state index contributed by atoms with van der Waals surface area (Å²) in [6, 6.07) is 14.0. The smallest absolute Gasteiger partial charge is 0.780 e. The van der Waals surface area contributed by atoms with Crippen molar-refractivity contribution in [2.24, 2.45) is 0 Å². The Kier molecular flexibility index (Phi) is 8.93. The first-order valence-corrected chi connectivity index (χ1v) is 5.57. The van der Waals surface area contributed by atoms with Gasteiger partial charge in [0, 0.05) is 11.1 Å². The van der Waals surface area contributed by atoms with Gasteiger partial charge in [-0.3, -0.25) is 4.79 Å². The number of rotatable bonds is 2. The Balaban J connectivity index is 0.00000144. The van der Waals surface area contributed by atoms with Crippen molar-refractivity contribution in [3.8, 4) is 0 Å². The molecule has 0 heterocycles. The summed E-state index contributed by atoms with van der Waals surface area (Å²) >= 11 is 9.93. The number of hydrogen-bond acceptors (Lipinski definition) is 3. The molecule has 2 aromatic carbocycles. The zero-order valence-electron chi connectivity index (χ0n) is 10.3. The van der Waals surface area contributed by atoms with Gasteiger partial charge in [-0.2, -0.15) is 9.79 Å². The second-order valence-corrected chi connectivity index (χ2v) is 4.32. The van der Waals surface area contributed by atoms with Gasteiger partial charge in [-0.15, -0.1) is 0 Å². The molecule has 0 N–H and O–H groups in total. The Morgan fingerprint density at radius 2 is 0.944 bits per heavy atom. The molecule has 18 heavy (non-hydrogen) atoms. The van der Waals surface area contributed by atoms with E-state index in [1.165, 1.54) is 0 Å². The molecule has 0 amide bonds. The molecule has 0 fully saturated rings. The molecule has 0 bridgehead atoms. The maximum absolute atomic E-state index is 12.0. The van der Waals surface area contributed by atoms with E-state index in [1.54, 1.807) is 48.5 Å². The van der Waals surface area contributed by atoms with E-state index in [-0.39, 0.29) is 64.9 Å². The minimum atomic E-state index is -0.00926. The van der Waals surface area contributed by atoms with Gasteiger partial charge in [-0.05, 0) is 0 Å². The van der Waals surface area contributed by atoms with E-state index in [0.29, 0.717) is 11.1 Å². The van der Waals surface area contributed by atoms with Crippen LogP contribution in [0.15, 0.2) is 58.3 Å². The molecule has 2 aromatic rings. The minimum absolute atomic E-state index is 0. The molecule has 0 aromatic heterocycles. The molecule has 0 aliphatic carbocycles. The molecule has 0 saturated carbocycles. The van der Waals surface area contributed by atoms with Crippen LogP contribution in [0.1, 0.15) is 15.9 Å². The molecule has 0 aliphatic rings. The standard InChI is InChI=1S/C13H10OS2.2Na/c14-13(9-1-5-11(15)6-2-9)10-3-7-12(16)8-4-10;;/h1-8,15-16H;;/q;2*+1/p-2. The van der Waals surface area contributed by atoms with Crippen molar-refractivity contribution in [3.63, 3.8) is 0 Å². The number of ketones is 1. The second-order valence-electron chi connectivity index (χ2n) is 3.38. The van der Waals surface area contributed by atoms with Gasteiger partial charge < -0.3 is 25.3 Å². The fourth-order valence-electron chi connectivity index (χ4n) is 1.38. The maximum Gasteiger partial charge on any atom is 1.00 e. The van der Waals surface area contributed by atoms with E-state index < -0.39 is 0 Å². The van der Waals surface area contributed by atoms with Crippen molar-refractivity contribution < 1.29 is 63.9 Å². The maximum atomic E-state index is 12.0. The molecule has 0 unspecified atom stereocenters. The summed E-state index contributed by atoms with van der Waals surface area (Å²) in [7, 11) is 0. The van der Waals surface area contributed by atoms with E-state index >= 15 is 0 Å². The molecule has 0 spiro atoms. The zero-order valence-corrected chi connectivity index (χ0v) is 16.0. The first kappa shape index (κ1) is 18.6. The Bertz CT molecular complexity index is 462. The van der Waals surface area contributed by atoms with Gasteiger partial charge in [0.25, 0.3) is 0 Å². The average molecular weight is 290 g/mol. The van der Waals surface area contributed by atoms with E-state index in [4.69, 9.17) is 25.3 Å². The fourth-order valence-corrected chi connectivity index (χ4v) is 1.65. The van der Waals surface area contributed by atoms with Gasteiger partial charge in [0.15, 0.2) is 5.78 Å². The molecule has 0 aliphatic heterocycles. The Morgan fingerprint density at radius 3 is 1.22 bits per heavy atom. The van der Waals surface area contributed by atoms with Crippen molar-refractivity contribution in [2.75, 3.05) is 0 Å². The van der Waals surface area contributed by atoms with Gasteiger partial charge >= 0.3 is 59.1 Å². The van der Waals surface area contributed by atoms with Crippen molar-refractivity contribution in [1.82, 2.24) is 0 Å². The van der Waals surface area contributed by atoms with Crippen LogP contribution in [0.3, 0.4) is 0 Å². The quantitative estimate of drug-likeness (QED) is 0.328. The summed E-state index contributed by atoms with van der Waals surface area (Å²) in [4.78, 5) is 13.5. The zero-order chi connectivity index (χ0) is 11.5. The number of carbonyl (C=O) groups is 1. The Morgan fingerprint density at radius 1 is 0.667 bits per heavy atom. The van der Waals surface area contributed by atoms with Gasteiger partial charge in [0.2, 0.25) is 0 Å². The minimum Gasteiger partial charge on any atom is -0.780 e. The number of benzene rings is 2. The van der Waals surface area contributed by atoms with E-state index in [2.05, 4.69) is 0 Å². The van der Waals surface area contributed by atoms with Crippen LogP contribution in [0, 0.1) is 0 Å². The van der Waals surface area contributed by atoms with Crippen molar-refractivity contribution in [3.05, 3.63) is 59.7 Å². The van der Waals surface area contributed by atoms with Crippen LogP contribution < -0.4 is 59.1 Å². The third-order valence-electron chi connectivity index (χ3n) is 2.23. The fraction of sp³-hybridized carbons (Fsp3) is 0. The first-order chi connectivity index (χ1) is 7.66. The largest absolute Gasteiger partial charge is 1.00 e. The van der Waals surface area contributed by atoms with Crippen molar-refractivity contribution in [1.29, 1.82) is 0 Å². The normalized spacial score (nSPS) is 8.89. The average Bonchev–Trinajstić information content (AvgIpc) is 2.30. The molecule has 2 rings (SSSR count). The van der Waals surface area contributed by atoms with Gasteiger partial charge in [0.05, 0.1) is 0 Å². The molecule has 0 radical (unpaired) electrons. The van der Waals surface area contributed by atoms with E-state index in [9.17, 15) is 4.79 Å². The van der Waals surface area contributed by atoms with Gasteiger partial charge in [-0.1, -0.05) is 48.5 Å². The third-order valence-corrected chi connectivity index (χ3v) is 2.78. The third kappa shape index (κ3) is 4.91. The van der Waals surface area contributed by atoms with Crippen LogP contribution in [0.2, 0.25) is 0 Å². The van der Waals surface area contributed by atoms with E-state index in [1.807, 2.05) is 0 Å². The van der Waals surface area contributed by atoms with Crippen molar-refractivity contribution >= 4 is 31.0 Å². The molecule has 0 saturated heterocycles. The monoisotopic (exact) mass is 290 g/mol. The summed E-state index contributed by atoms with van der Waals surface area (Å²) in [5, 5.41) is 0. The predicted molar refractivity (Wildman–Crippen MR) is 67.6 cm³/mol. The SMILES string of the molecule is O=C(c1ccc([S-])cc1)c1ccc([S-])cc1.[Na+].[Na+]. The van der Waals surface area contributed by atoms with Crippen LogP contribution in [0.5, 0.6) is 0 Å². The van der Waals surface area contributed by atoms with Crippen LogP contribution in [-0.2, 0) is 25.3 Å². The van der Waals surface area contributed by atoms with Crippen LogP contribution in [0.25, 0.3) is 0 Å². The number of hydrogen-bond donors (Lipinski definition) is 0. The summed E-state index contributed by atoms with van der Waals surface area (Å²) in [6.45, 7) is 0. The molecule has 80 valence electrons. The first-order valence-electron chi connectivity index (χ1n) is 4.76. The second kappa shape index (κ2) is 8.67. The summed E-state index contributed by atoms with van der Waals surface area (Å²) < 4.78 is 0. The molecule has 0 atom stereocenters. The van der Waals surface area contributed by atoms with Crippen LogP contribution in [0.4, 0.5) is 0 Å². The van der Waals surface area contributed by atoms with E-state index in [0.717, 1.165) is 9.79 Å². The van der Waals surface area contributed by atoms with Crippen molar-refractivity contribution in [2.45, 2.75) is 9.79 Å². The Labute approximate surface area is 162 Å². The molecular formula is C13H8Na2OS2. The number of carbonyl (C=O) groups excluding carboxylic acids is 1. The summed E-state index contributed by atoms with van der Waals surface area (Å²) in [5.41, 5.74) is 1.29. The predicted octanol–water partition coefficient (Wildman–Crippen LogP) is -3.26. The summed E-state index contributed by atoms with van der Waals surface area (Å²) in [6.07, 6.45) is 0. The molecule has 5 heteroatoms. The topological polar surface area (TPSA) is 17.1 Å². The van der Waals surface area contributed by atoms with Crippen LogP contribution in [-0.4, -0.2) is 5.78 Å². The summed E-state index contributed by atoms with van der Waals surface area (Å²) in [5.74, 6) is -0.00926. The molecule has 1 nitrogen and oxygen atoms in total. The Hall–Kier alpha value is 0.550. The van der Waals surface area contributed by atoms with Crippen LogP contribution >= 0.6 is 0 Å². The van der Waals surface area contributed by atoms with Gasteiger partial charge in [-0.25, -0.2) is 0 Å².